The van der Waals surface area contributed by atoms with Crippen molar-refractivity contribution in [2.45, 2.75) is 78.4 Å². The van der Waals surface area contributed by atoms with Gasteiger partial charge in [-0.1, -0.05) is 38.3 Å². The Labute approximate surface area is 270 Å². The number of carbonyl (C=O) groups excluding carboxylic acids is 4. The van der Waals surface area contributed by atoms with E-state index in [0.29, 0.717) is 37.0 Å². The molecule has 3 heterocycles. The molecule has 7 aliphatic rings. The van der Waals surface area contributed by atoms with Gasteiger partial charge in [0.25, 0.3) is 0 Å². The Morgan fingerprint density at radius 3 is 2.26 bits per heavy atom. The van der Waals surface area contributed by atoms with Gasteiger partial charge < -0.3 is 18.9 Å². The van der Waals surface area contributed by atoms with Gasteiger partial charge in [0.05, 0.1) is 41.7 Å². The summed E-state index contributed by atoms with van der Waals surface area (Å²) in [5.74, 6) is -0.614. The monoisotopic (exact) mass is 631 g/mol. The first-order valence-corrected chi connectivity index (χ1v) is 17.3. The molecule has 2 bridgehead atoms. The van der Waals surface area contributed by atoms with Crippen molar-refractivity contribution in [1.82, 2.24) is 0 Å². The van der Waals surface area contributed by atoms with Gasteiger partial charge in [-0.05, 0) is 98.3 Å². The third-order valence-electron chi connectivity index (χ3n) is 12.9. The van der Waals surface area contributed by atoms with E-state index in [2.05, 4.69) is 27.7 Å². The van der Waals surface area contributed by atoms with Crippen LogP contribution in [0.2, 0.25) is 0 Å². The second-order valence-corrected chi connectivity index (χ2v) is 15.7. The summed E-state index contributed by atoms with van der Waals surface area (Å²) < 4.78 is 21.5. The van der Waals surface area contributed by atoms with Crippen molar-refractivity contribution in [3.05, 3.63) is 41.0 Å². The van der Waals surface area contributed by atoms with E-state index in [1.54, 1.807) is 24.3 Å². The fourth-order valence-corrected chi connectivity index (χ4v) is 10.7. The molecule has 2 saturated carbocycles. The molecule has 2 amide bonds. The SMILES string of the molecule is CC(C)C1=C2C3CCC4C(C)(C(=O)OCC5CO5)CCCC4(C)C3CC1C1C(=O)N(c3ccc(C(=O)OC[C@H]4CO4)cc3)C(=O)C21. The summed E-state index contributed by atoms with van der Waals surface area (Å²) in [6.07, 6.45) is 5.59. The normalized spacial score (nSPS) is 40.4. The topological polar surface area (TPSA) is 115 Å². The zero-order valence-electron chi connectivity index (χ0n) is 27.3. The summed E-state index contributed by atoms with van der Waals surface area (Å²) in [6.45, 7) is 10.7. The molecule has 0 spiro atoms. The maximum Gasteiger partial charge on any atom is 0.338 e. The largest absolute Gasteiger partial charge is 0.462 e. The molecule has 9 heteroatoms. The van der Waals surface area contributed by atoms with Gasteiger partial charge in [-0.3, -0.25) is 14.4 Å². The fourth-order valence-electron chi connectivity index (χ4n) is 10.7. The minimum atomic E-state index is -0.540. The van der Waals surface area contributed by atoms with E-state index in [1.807, 2.05) is 0 Å². The summed E-state index contributed by atoms with van der Waals surface area (Å²) in [6, 6.07) is 6.61. The lowest BCUT2D eigenvalue weighted by Gasteiger charge is -2.61. The Kier molecular flexibility index (Phi) is 7.08. The van der Waals surface area contributed by atoms with Crippen LogP contribution in [0.3, 0.4) is 0 Å². The number of hydrogen-bond donors (Lipinski definition) is 0. The molecule has 0 N–H and O–H groups in total. The molecule has 246 valence electrons. The second-order valence-electron chi connectivity index (χ2n) is 15.7. The minimum Gasteiger partial charge on any atom is -0.462 e. The zero-order chi connectivity index (χ0) is 32.1. The minimum absolute atomic E-state index is 0.0178. The number of amides is 2. The van der Waals surface area contributed by atoms with Gasteiger partial charge in [0.2, 0.25) is 11.8 Å². The van der Waals surface area contributed by atoms with E-state index in [4.69, 9.17) is 18.9 Å². The number of ether oxygens (including phenoxy) is 4. The van der Waals surface area contributed by atoms with E-state index in [9.17, 15) is 19.2 Å². The number of hydrogen-bond acceptors (Lipinski definition) is 8. The first kappa shape index (κ1) is 30.3. The molecule has 46 heavy (non-hydrogen) atoms. The van der Waals surface area contributed by atoms with Crippen LogP contribution in [0.4, 0.5) is 5.69 Å². The van der Waals surface area contributed by atoms with Gasteiger partial charge in [0, 0.05) is 0 Å². The number of fused-ring (bicyclic) bond motifs is 8. The quantitative estimate of drug-likeness (QED) is 0.168. The van der Waals surface area contributed by atoms with Gasteiger partial charge in [0.15, 0.2) is 0 Å². The number of nitrogens with zero attached hydrogens (tertiary/aromatic N) is 1. The predicted octanol–water partition coefficient (Wildman–Crippen LogP) is 5.11. The van der Waals surface area contributed by atoms with Gasteiger partial charge in [0.1, 0.15) is 25.4 Å². The summed E-state index contributed by atoms with van der Waals surface area (Å²) in [5.41, 5.74) is 2.83. The molecule has 5 fully saturated rings. The highest BCUT2D eigenvalue weighted by atomic mass is 16.6. The third kappa shape index (κ3) is 4.55. The molecule has 8 rings (SSSR count). The Balaban J connectivity index is 1.07. The van der Waals surface area contributed by atoms with Crippen LogP contribution in [-0.2, 0) is 33.3 Å². The van der Waals surface area contributed by atoms with E-state index in [0.717, 1.165) is 38.5 Å². The number of anilines is 1. The van der Waals surface area contributed by atoms with Gasteiger partial charge in [-0.15, -0.1) is 0 Å². The van der Waals surface area contributed by atoms with Crippen LogP contribution < -0.4 is 4.90 Å². The van der Waals surface area contributed by atoms with Crippen molar-refractivity contribution >= 4 is 29.4 Å². The molecule has 9 unspecified atom stereocenters. The first-order valence-electron chi connectivity index (χ1n) is 17.3. The van der Waals surface area contributed by atoms with Gasteiger partial charge in [-0.25, -0.2) is 9.69 Å². The van der Waals surface area contributed by atoms with Gasteiger partial charge >= 0.3 is 11.9 Å². The molecule has 10 atom stereocenters. The molecule has 3 aliphatic heterocycles. The number of imide groups is 1. The fraction of sp³-hybridized carbons (Fsp3) is 0.676. The van der Waals surface area contributed by atoms with Crippen molar-refractivity contribution < 1.29 is 38.1 Å². The average molecular weight is 632 g/mol. The standard InChI is InChI=1S/C37H45NO8/c1-19(2)28-25-14-26-24(10-11-27-36(26,3)12-5-13-37(27,4)35(42)46-18-23-16-44-23)29(28)31-30(25)32(39)38(33(31)40)21-8-6-20(7-9-21)34(41)45-17-22-15-43-22/h6-9,19,22-27,30-31H,5,10-18H2,1-4H3/t22-,23?,24?,25?,26?,27?,30?,31?,36?,37?/m1/s1. The van der Waals surface area contributed by atoms with Crippen LogP contribution in [0.5, 0.6) is 0 Å². The van der Waals surface area contributed by atoms with Crippen molar-refractivity contribution in [3.8, 4) is 0 Å². The molecular formula is C37H45NO8. The van der Waals surface area contributed by atoms with E-state index >= 15 is 0 Å². The third-order valence-corrected chi connectivity index (χ3v) is 12.9. The van der Waals surface area contributed by atoms with Crippen LogP contribution in [0, 0.1) is 52.3 Å². The van der Waals surface area contributed by atoms with Crippen LogP contribution >= 0.6 is 0 Å². The van der Waals surface area contributed by atoms with E-state index in [-0.39, 0.29) is 65.7 Å². The maximum absolute atomic E-state index is 14.4. The average Bonchev–Trinajstić information content (AvgIpc) is 3.97. The molecule has 0 aromatic heterocycles. The highest BCUT2D eigenvalue weighted by Crippen LogP contribution is 2.70. The highest BCUT2D eigenvalue weighted by Gasteiger charge is 2.67. The van der Waals surface area contributed by atoms with E-state index < -0.39 is 23.2 Å². The Morgan fingerprint density at radius 1 is 0.935 bits per heavy atom. The smallest absolute Gasteiger partial charge is 0.338 e. The Hall–Kier alpha value is -3.04. The molecule has 4 aliphatic carbocycles. The summed E-state index contributed by atoms with van der Waals surface area (Å²) in [4.78, 5) is 56.1. The van der Waals surface area contributed by atoms with Gasteiger partial charge in [-0.2, -0.15) is 0 Å². The lowest BCUT2D eigenvalue weighted by molar-refractivity contribution is -0.176. The zero-order valence-corrected chi connectivity index (χ0v) is 27.3. The second kappa shape index (κ2) is 10.7. The lowest BCUT2D eigenvalue weighted by Crippen LogP contribution is -2.56. The molecule has 1 aromatic carbocycles. The maximum atomic E-state index is 14.4. The lowest BCUT2D eigenvalue weighted by atomic mass is 9.43. The van der Waals surface area contributed by atoms with Crippen LogP contribution in [-0.4, -0.2) is 62.4 Å². The molecule has 9 nitrogen and oxygen atoms in total. The molecular weight excluding hydrogens is 586 g/mol. The first-order chi connectivity index (χ1) is 22.0. The van der Waals surface area contributed by atoms with Crippen LogP contribution in [0.25, 0.3) is 0 Å². The molecule has 0 radical (unpaired) electrons. The van der Waals surface area contributed by atoms with Crippen molar-refractivity contribution in [2.75, 3.05) is 31.3 Å². The Bertz CT molecular complexity index is 1510. The molecule has 1 aromatic rings. The van der Waals surface area contributed by atoms with Crippen LogP contribution in [0.1, 0.15) is 76.6 Å². The van der Waals surface area contributed by atoms with Crippen molar-refractivity contribution in [2.24, 2.45) is 52.3 Å². The number of benzene rings is 1. The number of allylic oxidation sites excluding steroid dienone is 1. The summed E-state index contributed by atoms with van der Waals surface area (Å²) in [7, 11) is 0. The van der Waals surface area contributed by atoms with Crippen LogP contribution in [0.15, 0.2) is 35.4 Å². The van der Waals surface area contributed by atoms with E-state index in [1.165, 1.54) is 16.0 Å². The summed E-state index contributed by atoms with van der Waals surface area (Å²) in [5, 5.41) is 0. The predicted molar refractivity (Wildman–Crippen MR) is 166 cm³/mol. The number of carbonyl (C=O) groups is 4. The van der Waals surface area contributed by atoms with Crippen molar-refractivity contribution in [1.29, 1.82) is 0 Å². The number of rotatable bonds is 8. The van der Waals surface area contributed by atoms with Crippen molar-refractivity contribution in [3.63, 3.8) is 0 Å². The molecule has 3 saturated heterocycles. The Morgan fingerprint density at radius 2 is 1.61 bits per heavy atom. The summed E-state index contributed by atoms with van der Waals surface area (Å²) >= 11 is 0. The number of epoxide rings is 2. The highest BCUT2D eigenvalue weighted by molar-refractivity contribution is 6.23. The number of esters is 2.